The average molecular weight is 306 g/mol. The lowest BCUT2D eigenvalue weighted by molar-refractivity contribution is -0.126. The molecule has 1 fully saturated rings. The summed E-state index contributed by atoms with van der Waals surface area (Å²) in [4.78, 5) is 29.0. The van der Waals surface area contributed by atoms with Crippen molar-refractivity contribution in [2.45, 2.75) is 26.3 Å². The van der Waals surface area contributed by atoms with Crippen molar-refractivity contribution in [3.8, 4) is 5.88 Å². The summed E-state index contributed by atoms with van der Waals surface area (Å²) < 4.78 is 5.43. The van der Waals surface area contributed by atoms with Crippen LogP contribution < -0.4 is 15.8 Å². The Balaban J connectivity index is 1.85. The Hall–Kier alpha value is -2.31. The number of nitrogens with two attached hydrogens (primary N) is 1. The van der Waals surface area contributed by atoms with Crippen molar-refractivity contribution in [2.24, 2.45) is 11.7 Å². The molecule has 2 rings (SSSR count). The molecule has 120 valence electrons. The Bertz CT molecular complexity index is 527. The Morgan fingerprint density at radius 1 is 1.45 bits per heavy atom. The zero-order valence-corrected chi connectivity index (χ0v) is 12.7. The number of hydrogen-bond acceptors (Lipinski definition) is 4. The van der Waals surface area contributed by atoms with Gasteiger partial charge in [-0.25, -0.2) is 9.78 Å². The number of aromatic nitrogens is 1. The van der Waals surface area contributed by atoms with Gasteiger partial charge in [0.15, 0.2) is 0 Å². The van der Waals surface area contributed by atoms with Crippen LogP contribution in [0, 0.1) is 5.92 Å². The summed E-state index contributed by atoms with van der Waals surface area (Å²) in [6.07, 6.45) is 2.94. The van der Waals surface area contributed by atoms with Crippen LogP contribution in [0.1, 0.15) is 25.3 Å². The highest BCUT2D eigenvalue weighted by atomic mass is 16.5. The van der Waals surface area contributed by atoms with Gasteiger partial charge in [-0.1, -0.05) is 6.07 Å². The number of piperidine rings is 1. The molecule has 3 N–H and O–H groups in total. The van der Waals surface area contributed by atoms with Gasteiger partial charge in [0.05, 0.1) is 6.61 Å². The van der Waals surface area contributed by atoms with Crippen LogP contribution in [0.5, 0.6) is 5.88 Å². The number of likely N-dealkylation sites (tertiary alicyclic amines) is 1. The third kappa shape index (κ3) is 4.09. The number of ether oxygens (including phenoxy) is 1. The maximum Gasteiger partial charge on any atom is 0.314 e. The molecule has 22 heavy (non-hydrogen) atoms. The maximum atomic E-state index is 12.2. The lowest BCUT2D eigenvalue weighted by atomic mass is 9.96. The number of rotatable bonds is 5. The van der Waals surface area contributed by atoms with Crippen molar-refractivity contribution in [3.05, 3.63) is 23.9 Å². The molecule has 1 aliphatic rings. The number of carbonyl (C=O) groups excluding carboxylic acids is 2. The first-order chi connectivity index (χ1) is 10.6. The summed E-state index contributed by atoms with van der Waals surface area (Å²) in [5.41, 5.74) is 6.09. The van der Waals surface area contributed by atoms with Crippen LogP contribution in [0.15, 0.2) is 18.3 Å². The first-order valence-electron chi connectivity index (χ1n) is 7.50. The van der Waals surface area contributed by atoms with E-state index < -0.39 is 6.03 Å². The monoisotopic (exact) mass is 306 g/mol. The fraction of sp³-hybridized carbons (Fsp3) is 0.533. The van der Waals surface area contributed by atoms with Crippen LogP contribution in [0.3, 0.4) is 0 Å². The van der Waals surface area contributed by atoms with Crippen LogP contribution in [-0.4, -0.2) is 41.5 Å². The molecule has 1 aromatic rings. The van der Waals surface area contributed by atoms with Gasteiger partial charge in [-0.3, -0.25) is 4.79 Å². The first-order valence-corrected chi connectivity index (χ1v) is 7.50. The van der Waals surface area contributed by atoms with Gasteiger partial charge in [0.2, 0.25) is 11.8 Å². The quantitative estimate of drug-likeness (QED) is 0.844. The molecule has 0 aliphatic carbocycles. The molecule has 1 aliphatic heterocycles. The second-order valence-corrected chi connectivity index (χ2v) is 5.22. The number of pyridine rings is 1. The SMILES string of the molecule is CCOc1ncccc1CNC(=O)C1CCN(C(N)=O)CC1. The van der Waals surface area contributed by atoms with Crippen molar-refractivity contribution in [1.29, 1.82) is 0 Å². The van der Waals surface area contributed by atoms with E-state index in [1.54, 1.807) is 11.1 Å². The molecule has 0 atom stereocenters. The standard InChI is InChI=1S/C15H22N4O3/c1-2-22-14-12(4-3-7-17-14)10-18-13(20)11-5-8-19(9-6-11)15(16)21/h3-4,7,11H,2,5-6,8-10H2,1H3,(H2,16,21)(H,18,20). The lowest BCUT2D eigenvalue weighted by Gasteiger charge is -2.30. The molecule has 0 spiro atoms. The normalized spacial score (nSPS) is 15.4. The Morgan fingerprint density at radius 3 is 2.82 bits per heavy atom. The molecule has 1 aromatic heterocycles. The predicted octanol–water partition coefficient (Wildman–Crippen LogP) is 0.887. The first kappa shape index (κ1) is 16.1. The summed E-state index contributed by atoms with van der Waals surface area (Å²) in [7, 11) is 0. The van der Waals surface area contributed by atoms with Gasteiger partial charge in [-0.2, -0.15) is 0 Å². The molecule has 0 aromatic carbocycles. The number of urea groups is 1. The second-order valence-electron chi connectivity index (χ2n) is 5.22. The highest BCUT2D eigenvalue weighted by molar-refractivity contribution is 5.79. The second kappa shape index (κ2) is 7.63. The number of nitrogens with zero attached hydrogens (tertiary/aromatic N) is 2. The zero-order chi connectivity index (χ0) is 15.9. The summed E-state index contributed by atoms with van der Waals surface area (Å²) >= 11 is 0. The fourth-order valence-corrected chi connectivity index (χ4v) is 2.51. The minimum absolute atomic E-state index is 0.00424. The molecule has 0 saturated carbocycles. The Kier molecular flexibility index (Phi) is 5.57. The number of carbonyl (C=O) groups is 2. The van der Waals surface area contributed by atoms with Crippen LogP contribution in [0.4, 0.5) is 4.79 Å². The molecule has 1 saturated heterocycles. The van der Waals surface area contributed by atoms with E-state index >= 15 is 0 Å². The van der Waals surface area contributed by atoms with Crippen molar-refractivity contribution >= 4 is 11.9 Å². The van der Waals surface area contributed by atoms with Gasteiger partial charge < -0.3 is 20.7 Å². The van der Waals surface area contributed by atoms with Crippen LogP contribution >= 0.6 is 0 Å². The lowest BCUT2D eigenvalue weighted by Crippen LogP contribution is -2.44. The van der Waals surface area contributed by atoms with E-state index in [0.29, 0.717) is 45.0 Å². The number of nitrogens with one attached hydrogen (secondary N) is 1. The average Bonchev–Trinajstić information content (AvgIpc) is 2.54. The van der Waals surface area contributed by atoms with Gasteiger partial charge in [0, 0.05) is 37.3 Å². The van der Waals surface area contributed by atoms with Gasteiger partial charge >= 0.3 is 6.03 Å². The van der Waals surface area contributed by atoms with E-state index in [1.807, 2.05) is 19.1 Å². The van der Waals surface area contributed by atoms with Gasteiger partial charge in [-0.05, 0) is 25.8 Å². The summed E-state index contributed by atoms with van der Waals surface area (Å²) in [5.74, 6) is 0.465. The summed E-state index contributed by atoms with van der Waals surface area (Å²) in [6, 6.07) is 3.28. The maximum absolute atomic E-state index is 12.2. The van der Waals surface area contributed by atoms with Gasteiger partial charge in [-0.15, -0.1) is 0 Å². The largest absolute Gasteiger partial charge is 0.478 e. The molecular weight excluding hydrogens is 284 g/mol. The van der Waals surface area contributed by atoms with Crippen molar-refractivity contribution in [3.63, 3.8) is 0 Å². The van der Waals surface area contributed by atoms with E-state index in [1.165, 1.54) is 0 Å². The summed E-state index contributed by atoms with van der Waals surface area (Å²) in [6.45, 7) is 3.88. The van der Waals surface area contributed by atoms with E-state index in [-0.39, 0.29) is 11.8 Å². The molecule has 0 radical (unpaired) electrons. The van der Waals surface area contributed by atoms with Crippen LogP contribution in [0.25, 0.3) is 0 Å². The molecule has 7 nitrogen and oxygen atoms in total. The zero-order valence-electron chi connectivity index (χ0n) is 12.7. The number of primary amides is 1. The molecule has 0 bridgehead atoms. The molecule has 2 heterocycles. The highest BCUT2D eigenvalue weighted by Gasteiger charge is 2.26. The van der Waals surface area contributed by atoms with E-state index in [9.17, 15) is 9.59 Å². The summed E-state index contributed by atoms with van der Waals surface area (Å²) in [5, 5.41) is 2.92. The van der Waals surface area contributed by atoms with E-state index in [2.05, 4.69) is 10.3 Å². The van der Waals surface area contributed by atoms with Crippen molar-refractivity contribution in [1.82, 2.24) is 15.2 Å². The minimum atomic E-state index is -0.421. The van der Waals surface area contributed by atoms with Gasteiger partial charge in [0.25, 0.3) is 0 Å². The molecule has 3 amide bonds. The minimum Gasteiger partial charge on any atom is -0.478 e. The van der Waals surface area contributed by atoms with Crippen molar-refractivity contribution in [2.75, 3.05) is 19.7 Å². The van der Waals surface area contributed by atoms with Crippen LogP contribution in [0.2, 0.25) is 0 Å². The molecule has 7 heteroatoms. The highest BCUT2D eigenvalue weighted by Crippen LogP contribution is 2.18. The van der Waals surface area contributed by atoms with E-state index in [4.69, 9.17) is 10.5 Å². The Labute approximate surface area is 129 Å². The number of amides is 3. The van der Waals surface area contributed by atoms with Crippen LogP contribution in [-0.2, 0) is 11.3 Å². The Morgan fingerprint density at radius 2 is 2.18 bits per heavy atom. The van der Waals surface area contributed by atoms with E-state index in [0.717, 1.165) is 5.56 Å². The smallest absolute Gasteiger partial charge is 0.314 e. The third-order valence-corrected chi connectivity index (χ3v) is 3.76. The predicted molar refractivity (Wildman–Crippen MR) is 81.1 cm³/mol. The van der Waals surface area contributed by atoms with Crippen molar-refractivity contribution < 1.29 is 14.3 Å². The molecular formula is C15H22N4O3. The molecule has 0 unspecified atom stereocenters. The third-order valence-electron chi connectivity index (χ3n) is 3.76. The van der Waals surface area contributed by atoms with Gasteiger partial charge in [0.1, 0.15) is 0 Å². The fourth-order valence-electron chi connectivity index (χ4n) is 2.51. The topological polar surface area (TPSA) is 97.6 Å². The number of hydrogen-bond donors (Lipinski definition) is 2.